The van der Waals surface area contributed by atoms with Gasteiger partial charge in [-0.25, -0.2) is 0 Å². The number of carbonyl (C=O) groups is 1. The molecule has 0 unspecified atom stereocenters. The molecule has 1 aromatic heterocycles. The first kappa shape index (κ1) is 15.5. The highest BCUT2D eigenvalue weighted by atomic mass is 32.1. The molecule has 0 aliphatic heterocycles. The van der Waals surface area contributed by atoms with Gasteiger partial charge in [-0.15, -0.1) is 11.3 Å². The predicted molar refractivity (Wildman–Crippen MR) is 90.2 cm³/mol. The zero-order valence-corrected chi connectivity index (χ0v) is 13.6. The first-order valence-electron chi connectivity index (χ1n) is 7.15. The lowest BCUT2D eigenvalue weighted by Crippen LogP contribution is -2.34. The highest BCUT2D eigenvalue weighted by Crippen LogP contribution is 2.18. The molecular formula is C18H21NOS. The highest BCUT2D eigenvalue weighted by molar-refractivity contribution is 7.11. The van der Waals surface area contributed by atoms with Crippen molar-refractivity contribution in [3.8, 4) is 0 Å². The molecule has 0 aliphatic rings. The Labute approximate surface area is 130 Å². The third-order valence-electron chi connectivity index (χ3n) is 3.25. The molecule has 0 N–H and O–H groups in total. The zero-order valence-electron chi connectivity index (χ0n) is 12.7. The highest BCUT2D eigenvalue weighted by Gasteiger charge is 2.15. The molecule has 0 atom stereocenters. The maximum Gasteiger partial charge on any atom is 0.247 e. The van der Waals surface area contributed by atoms with E-state index >= 15 is 0 Å². The zero-order chi connectivity index (χ0) is 15.2. The average Bonchev–Trinajstić information content (AvgIpc) is 2.88. The first-order valence-corrected chi connectivity index (χ1v) is 7.97. The summed E-state index contributed by atoms with van der Waals surface area (Å²) in [5.41, 5.74) is 1.04. The number of rotatable bonds is 5. The predicted octanol–water partition coefficient (Wildman–Crippen LogP) is 4.51. The van der Waals surface area contributed by atoms with Gasteiger partial charge < -0.3 is 4.90 Å². The van der Waals surface area contributed by atoms with Gasteiger partial charge in [0.15, 0.2) is 0 Å². The number of nitrogens with zero attached hydrogens (tertiary/aromatic N) is 1. The standard InChI is InChI=1S/C18H21NOS/c1-14(2)19(13-17-11-9-15(3)21-17)18(20)12-10-16-7-5-4-6-8-16/h4-12,14H,13H2,1-3H3. The fourth-order valence-electron chi connectivity index (χ4n) is 2.08. The van der Waals surface area contributed by atoms with Crippen LogP contribution in [0.2, 0.25) is 0 Å². The SMILES string of the molecule is Cc1ccc(CN(C(=O)C=Cc2ccccc2)C(C)C)s1. The van der Waals surface area contributed by atoms with Crippen molar-refractivity contribution in [1.82, 2.24) is 4.90 Å². The van der Waals surface area contributed by atoms with E-state index in [4.69, 9.17) is 0 Å². The topological polar surface area (TPSA) is 20.3 Å². The van der Waals surface area contributed by atoms with Gasteiger partial charge in [-0.1, -0.05) is 30.3 Å². The molecule has 1 aromatic carbocycles. The van der Waals surface area contributed by atoms with Crippen LogP contribution in [0.25, 0.3) is 6.08 Å². The summed E-state index contributed by atoms with van der Waals surface area (Å²) in [5, 5.41) is 0. The summed E-state index contributed by atoms with van der Waals surface area (Å²) in [6.45, 7) is 6.86. The molecule has 2 aromatic rings. The maximum atomic E-state index is 12.4. The Hall–Kier alpha value is -1.87. The smallest absolute Gasteiger partial charge is 0.247 e. The first-order chi connectivity index (χ1) is 10.1. The van der Waals surface area contributed by atoms with Crippen LogP contribution in [-0.4, -0.2) is 16.8 Å². The Balaban J connectivity index is 2.07. The van der Waals surface area contributed by atoms with Crippen LogP contribution in [0.4, 0.5) is 0 Å². The maximum absolute atomic E-state index is 12.4. The second-order valence-electron chi connectivity index (χ2n) is 5.32. The second-order valence-corrected chi connectivity index (χ2v) is 6.69. The van der Waals surface area contributed by atoms with Gasteiger partial charge >= 0.3 is 0 Å². The van der Waals surface area contributed by atoms with Crippen molar-refractivity contribution in [1.29, 1.82) is 0 Å². The van der Waals surface area contributed by atoms with Gasteiger partial charge in [-0.2, -0.15) is 0 Å². The summed E-state index contributed by atoms with van der Waals surface area (Å²) in [5.74, 6) is 0.0555. The lowest BCUT2D eigenvalue weighted by Gasteiger charge is -2.25. The summed E-state index contributed by atoms with van der Waals surface area (Å²) in [6.07, 6.45) is 3.53. The lowest BCUT2D eigenvalue weighted by atomic mass is 10.2. The molecule has 0 saturated carbocycles. The van der Waals surface area contributed by atoms with Crippen molar-refractivity contribution < 1.29 is 4.79 Å². The van der Waals surface area contributed by atoms with Crippen LogP contribution in [0.5, 0.6) is 0 Å². The molecule has 0 saturated heterocycles. The number of benzene rings is 1. The van der Waals surface area contributed by atoms with E-state index in [1.165, 1.54) is 9.75 Å². The molecule has 0 spiro atoms. The van der Waals surface area contributed by atoms with E-state index in [2.05, 4.69) is 32.9 Å². The summed E-state index contributed by atoms with van der Waals surface area (Å²) < 4.78 is 0. The molecule has 0 aliphatic carbocycles. The third kappa shape index (κ3) is 4.57. The van der Waals surface area contributed by atoms with E-state index in [9.17, 15) is 4.79 Å². The minimum absolute atomic E-state index is 0.0555. The average molecular weight is 299 g/mol. The Kier molecular flexibility index (Phi) is 5.34. The van der Waals surface area contributed by atoms with Gasteiger partial charge in [-0.3, -0.25) is 4.79 Å². The van der Waals surface area contributed by atoms with Crippen LogP contribution < -0.4 is 0 Å². The molecule has 110 valence electrons. The number of amides is 1. The number of hydrogen-bond acceptors (Lipinski definition) is 2. The van der Waals surface area contributed by atoms with Crippen molar-refractivity contribution >= 4 is 23.3 Å². The van der Waals surface area contributed by atoms with Crippen molar-refractivity contribution in [3.63, 3.8) is 0 Å². The molecule has 0 fully saturated rings. The minimum Gasteiger partial charge on any atom is -0.332 e. The fraction of sp³-hybridized carbons (Fsp3) is 0.278. The van der Waals surface area contributed by atoms with Gasteiger partial charge in [-0.05, 0) is 44.5 Å². The molecule has 0 bridgehead atoms. The van der Waals surface area contributed by atoms with Gasteiger partial charge in [0.2, 0.25) is 5.91 Å². The van der Waals surface area contributed by atoms with Gasteiger partial charge in [0.05, 0.1) is 6.54 Å². The quantitative estimate of drug-likeness (QED) is 0.744. The van der Waals surface area contributed by atoms with E-state index in [0.29, 0.717) is 6.54 Å². The minimum atomic E-state index is 0.0555. The van der Waals surface area contributed by atoms with Gasteiger partial charge in [0.1, 0.15) is 0 Å². The number of aryl methyl sites for hydroxylation is 1. The van der Waals surface area contributed by atoms with E-state index < -0.39 is 0 Å². The normalized spacial score (nSPS) is 11.2. The van der Waals surface area contributed by atoms with Crippen LogP contribution in [0, 0.1) is 6.92 Å². The molecule has 1 amide bonds. The van der Waals surface area contributed by atoms with E-state index in [1.807, 2.05) is 41.3 Å². The third-order valence-corrected chi connectivity index (χ3v) is 4.23. The summed E-state index contributed by atoms with van der Waals surface area (Å²) in [7, 11) is 0. The molecule has 1 heterocycles. The van der Waals surface area contributed by atoms with E-state index in [0.717, 1.165) is 5.56 Å². The van der Waals surface area contributed by atoms with Gasteiger partial charge in [0.25, 0.3) is 0 Å². The Morgan fingerprint density at radius 3 is 2.48 bits per heavy atom. The molecule has 0 radical (unpaired) electrons. The number of hydrogen-bond donors (Lipinski definition) is 0. The van der Waals surface area contributed by atoms with E-state index in [1.54, 1.807) is 17.4 Å². The molecule has 21 heavy (non-hydrogen) atoms. The van der Waals surface area contributed by atoms with Crippen LogP contribution in [-0.2, 0) is 11.3 Å². The fourth-order valence-corrected chi connectivity index (χ4v) is 2.97. The van der Waals surface area contributed by atoms with Crippen molar-refractivity contribution in [2.75, 3.05) is 0 Å². The van der Waals surface area contributed by atoms with Crippen molar-refractivity contribution in [2.24, 2.45) is 0 Å². The monoisotopic (exact) mass is 299 g/mol. The van der Waals surface area contributed by atoms with E-state index in [-0.39, 0.29) is 11.9 Å². The lowest BCUT2D eigenvalue weighted by molar-refractivity contribution is -0.128. The summed E-state index contributed by atoms with van der Waals surface area (Å²) >= 11 is 1.75. The van der Waals surface area contributed by atoms with Crippen molar-refractivity contribution in [3.05, 3.63) is 63.9 Å². The van der Waals surface area contributed by atoms with Crippen molar-refractivity contribution in [2.45, 2.75) is 33.4 Å². The molecule has 3 heteroatoms. The summed E-state index contributed by atoms with van der Waals surface area (Å²) in [4.78, 5) is 16.8. The molecular weight excluding hydrogens is 278 g/mol. The Bertz CT molecular complexity index is 613. The largest absolute Gasteiger partial charge is 0.332 e. The van der Waals surface area contributed by atoms with Gasteiger partial charge in [0, 0.05) is 21.9 Å². The van der Waals surface area contributed by atoms with Crippen LogP contribution in [0.3, 0.4) is 0 Å². The molecule has 2 rings (SSSR count). The van der Waals surface area contributed by atoms with Crippen LogP contribution in [0.15, 0.2) is 48.5 Å². The molecule has 2 nitrogen and oxygen atoms in total. The van der Waals surface area contributed by atoms with Crippen LogP contribution >= 0.6 is 11.3 Å². The Morgan fingerprint density at radius 2 is 1.90 bits per heavy atom. The Morgan fingerprint density at radius 1 is 1.19 bits per heavy atom. The number of thiophene rings is 1. The summed E-state index contributed by atoms with van der Waals surface area (Å²) in [6, 6.07) is 14.3. The van der Waals surface area contributed by atoms with Crippen LogP contribution in [0.1, 0.15) is 29.2 Å². The number of carbonyl (C=O) groups excluding carboxylic acids is 1. The second kappa shape index (κ2) is 7.23.